The van der Waals surface area contributed by atoms with E-state index in [0.29, 0.717) is 44.0 Å². The fourth-order valence-electron chi connectivity index (χ4n) is 3.91. The molecule has 1 saturated heterocycles. The number of aliphatic hydroxyl groups excluding tert-OH is 1. The topological polar surface area (TPSA) is 90.9 Å². The van der Waals surface area contributed by atoms with Gasteiger partial charge in [-0.2, -0.15) is 0 Å². The van der Waals surface area contributed by atoms with Gasteiger partial charge in [-0.15, -0.1) is 12.4 Å². The number of carbonyl (C=O) groups excluding carboxylic acids is 2. The number of rotatable bonds is 5. The van der Waals surface area contributed by atoms with E-state index in [-0.39, 0.29) is 36.8 Å². The Kier molecular flexibility index (Phi) is 8.03. The van der Waals surface area contributed by atoms with Crippen molar-refractivity contribution in [3.05, 3.63) is 70.8 Å². The maximum atomic E-state index is 12.5. The summed E-state index contributed by atoms with van der Waals surface area (Å²) < 4.78 is 5.27. The number of fused-ring (bicyclic) bond motifs is 1. The molecule has 8 heteroatoms. The number of ether oxygens (including phenoxy) is 1. The van der Waals surface area contributed by atoms with Gasteiger partial charge in [0.1, 0.15) is 0 Å². The van der Waals surface area contributed by atoms with Gasteiger partial charge in [0.05, 0.1) is 19.3 Å². The third kappa shape index (κ3) is 5.62. The maximum absolute atomic E-state index is 12.5. The Labute approximate surface area is 188 Å². The molecule has 2 aliphatic rings. The van der Waals surface area contributed by atoms with Crippen LogP contribution in [0.15, 0.2) is 48.5 Å². The predicted molar refractivity (Wildman–Crippen MR) is 120 cm³/mol. The van der Waals surface area contributed by atoms with Crippen molar-refractivity contribution in [3.8, 4) is 0 Å². The molecule has 166 valence electrons. The fraction of sp³-hybridized carbons (Fsp3) is 0.391. The smallest absolute Gasteiger partial charge is 0.254 e. The number of carbonyl (C=O) groups is 2. The van der Waals surface area contributed by atoms with E-state index < -0.39 is 6.10 Å². The summed E-state index contributed by atoms with van der Waals surface area (Å²) in [7, 11) is 0. The van der Waals surface area contributed by atoms with Crippen LogP contribution in [-0.2, 0) is 17.7 Å². The first-order valence-electron chi connectivity index (χ1n) is 10.4. The van der Waals surface area contributed by atoms with E-state index in [4.69, 9.17) is 4.74 Å². The predicted octanol–water partition coefficient (Wildman–Crippen LogP) is 1.39. The Hall–Kier alpha value is -2.45. The highest BCUT2D eigenvalue weighted by Gasteiger charge is 2.25. The number of hydrogen-bond donors (Lipinski definition) is 3. The molecule has 2 aromatic rings. The number of aliphatic hydroxyl groups is 1. The average molecular weight is 446 g/mol. The Bertz CT molecular complexity index is 900. The summed E-state index contributed by atoms with van der Waals surface area (Å²) in [6.45, 7) is 3.14. The average Bonchev–Trinajstić information content (AvgIpc) is 2.82. The minimum atomic E-state index is -0.690. The molecular formula is C23H28ClN3O4. The van der Waals surface area contributed by atoms with Crippen LogP contribution in [0.5, 0.6) is 0 Å². The molecule has 0 aliphatic carbocycles. The molecule has 0 aromatic heterocycles. The van der Waals surface area contributed by atoms with E-state index in [9.17, 15) is 14.7 Å². The van der Waals surface area contributed by atoms with Crippen LogP contribution < -0.4 is 10.6 Å². The van der Waals surface area contributed by atoms with E-state index in [0.717, 1.165) is 6.42 Å². The van der Waals surface area contributed by atoms with Crippen molar-refractivity contribution < 1.29 is 19.4 Å². The maximum Gasteiger partial charge on any atom is 0.254 e. The van der Waals surface area contributed by atoms with E-state index in [1.54, 1.807) is 29.2 Å². The molecule has 0 radical (unpaired) electrons. The SMILES string of the molecule is Cl.O=C(NCC(O)[C@H]1Cc2ccccc2CN1)c1ccc(C(=O)N2CCOCC2)cc1. The van der Waals surface area contributed by atoms with Gasteiger partial charge < -0.3 is 25.4 Å². The van der Waals surface area contributed by atoms with Gasteiger partial charge in [0, 0.05) is 43.3 Å². The lowest BCUT2D eigenvalue weighted by Gasteiger charge is -2.30. The van der Waals surface area contributed by atoms with E-state index in [1.807, 2.05) is 12.1 Å². The summed E-state index contributed by atoms with van der Waals surface area (Å²) in [5.41, 5.74) is 3.49. The van der Waals surface area contributed by atoms with Crippen LogP contribution in [0.25, 0.3) is 0 Å². The lowest BCUT2D eigenvalue weighted by molar-refractivity contribution is 0.0303. The molecule has 2 aromatic carbocycles. The van der Waals surface area contributed by atoms with Crippen LogP contribution in [0, 0.1) is 0 Å². The fourth-order valence-corrected chi connectivity index (χ4v) is 3.91. The Morgan fingerprint density at radius 1 is 1.06 bits per heavy atom. The molecule has 0 bridgehead atoms. The highest BCUT2D eigenvalue weighted by Crippen LogP contribution is 2.18. The number of benzene rings is 2. The van der Waals surface area contributed by atoms with Gasteiger partial charge in [0.25, 0.3) is 11.8 Å². The minimum Gasteiger partial charge on any atom is -0.390 e. The molecule has 0 spiro atoms. The van der Waals surface area contributed by atoms with Crippen LogP contribution in [0.3, 0.4) is 0 Å². The van der Waals surface area contributed by atoms with Crippen LogP contribution in [0.2, 0.25) is 0 Å². The van der Waals surface area contributed by atoms with E-state index >= 15 is 0 Å². The standard InChI is InChI=1S/C23H27N3O4.ClH/c27-21(20-13-18-3-1-2-4-19(18)14-24-20)15-25-22(28)16-5-7-17(8-6-16)23(29)26-9-11-30-12-10-26;/h1-8,20-21,24,27H,9-15H2,(H,25,28);1H/t20-,21?;/m1./s1. The van der Waals surface area contributed by atoms with Gasteiger partial charge in [-0.1, -0.05) is 24.3 Å². The first-order valence-corrected chi connectivity index (χ1v) is 10.4. The van der Waals surface area contributed by atoms with Crippen LogP contribution in [0.1, 0.15) is 31.8 Å². The van der Waals surface area contributed by atoms with Crippen molar-refractivity contribution >= 4 is 24.2 Å². The zero-order valence-electron chi connectivity index (χ0n) is 17.3. The molecule has 1 unspecified atom stereocenters. The Morgan fingerprint density at radius 3 is 2.42 bits per heavy atom. The van der Waals surface area contributed by atoms with Gasteiger partial charge in [0.2, 0.25) is 0 Å². The number of hydrogen-bond acceptors (Lipinski definition) is 5. The molecule has 0 saturated carbocycles. The molecule has 2 atom stereocenters. The lowest BCUT2D eigenvalue weighted by atomic mass is 9.93. The number of morpholine rings is 1. The van der Waals surface area contributed by atoms with Crippen molar-refractivity contribution in [1.29, 1.82) is 0 Å². The number of halogens is 1. The third-order valence-corrected chi connectivity index (χ3v) is 5.74. The van der Waals surface area contributed by atoms with Gasteiger partial charge in [-0.3, -0.25) is 9.59 Å². The van der Waals surface area contributed by atoms with Crippen molar-refractivity contribution in [3.63, 3.8) is 0 Å². The largest absolute Gasteiger partial charge is 0.390 e. The van der Waals surface area contributed by atoms with E-state index in [2.05, 4.69) is 22.8 Å². The second kappa shape index (κ2) is 10.7. The Balaban J connectivity index is 0.00000272. The summed E-state index contributed by atoms with van der Waals surface area (Å²) in [5.74, 6) is -0.319. The number of nitrogens with one attached hydrogen (secondary N) is 2. The molecule has 2 amide bonds. The number of amides is 2. The van der Waals surface area contributed by atoms with Gasteiger partial charge >= 0.3 is 0 Å². The monoisotopic (exact) mass is 445 g/mol. The second-order valence-corrected chi connectivity index (χ2v) is 7.72. The van der Waals surface area contributed by atoms with Crippen molar-refractivity contribution in [2.75, 3.05) is 32.8 Å². The highest BCUT2D eigenvalue weighted by molar-refractivity contribution is 5.97. The highest BCUT2D eigenvalue weighted by atomic mass is 35.5. The van der Waals surface area contributed by atoms with Gasteiger partial charge in [-0.25, -0.2) is 0 Å². The molecule has 2 aliphatic heterocycles. The van der Waals surface area contributed by atoms with E-state index in [1.165, 1.54) is 11.1 Å². The molecular weight excluding hydrogens is 418 g/mol. The quantitative estimate of drug-likeness (QED) is 0.647. The number of nitrogens with zero attached hydrogens (tertiary/aromatic N) is 1. The Morgan fingerprint density at radius 2 is 1.71 bits per heavy atom. The third-order valence-electron chi connectivity index (χ3n) is 5.74. The summed E-state index contributed by atoms with van der Waals surface area (Å²) >= 11 is 0. The first kappa shape index (κ1) is 23.2. The van der Waals surface area contributed by atoms with Gasteiger partial charge in [-0.05, 0) is 41.8 Å². The summed E-state index contributed by atoms with van der Waals surface area (Å²) in [4.78, 5) is 26.7. The molecule has 7 nitrogen and oxygen atoms in total. The zero-order chi connectivity index (χ0) is 20.9. The van der Waals surface area contributed by atoms with Crippen molar-refractivity contribution in [1.82, 2.24) is 15.5 Å². The second-order valence-electron chi connectivity index (χ2n) is 7.72. The molecule has 4 rings (SSSR count). The summed E-state index contributed by atoms with van der Waals surface area (Å²) in [5, 5.41) is 16.6. The normalized spacial score (nSPS) is 19.0. The van der Waals surface area contributed by atoms with Crippen molar-refractivity contribution in [2.24, 2.45) is 0 Å². The molecule has 31 heavy (non-hydrogen) atoms. The van der Waals surface area contributed by atoms with Crippen molar-refractivity contribution in [2.45, 2.75) is 25.1 Å². The summed E-state index contributed by atoms with van der Waals surface area (Å²) in [6.07, 6.45) is 0.0374. The van der Waals surface area contributed by atoms with Crippen LogP contribution >= 0.6 is 12.4 Å². The minimum absolute atomic E-state index is 0. The lowest BCUT2D eigenvalue weighted by Crippen LogP contribution is -2.49. The molecule has 3 N–H and O–H groups in total. The van der Waals surface area contributed by atoms with Crippen LogP contribution in [-0.4, -0.2) is 66.8 Å². The molecule has 1 fully saturated rings. The van der Waals surface area contributed by atoms with Crippen LogP contribution in [0.4, 0.5) is 0 Å². The summed E-state index contributed by atoms with van der Waals surface area (Å²) in [6, 6.07) is 14.7. The first-order chi connectivity index (χ1) is 14.6. The zero-order valence-corrected chi connectivity index (χ0v) is 18.1. The molecule has 2 heterocycles. The van der Waals surface area contributed by atoms with Gasteiger partial charge in [0.15, 0.2) is 0 Å².